The van der Waals surface area contributed by atoms with Gasteiger partial charge in [0.05, 0.1) is 11.5 Å². The summed E-state index contributed by atoms with van der Waals surface area (Å²) in [5.41, 5.74) is 0.362. The molecule has 0 fully saturated rings. The third-order valence-electron chi connectivity index (χ3n) is 4.18. The number of nitrogens with one attached hydrogen (secondary N) is 1. The summed E-state index contributed by atoms with van der Waals surface area (Å²) >= 11 is 0. The van der Waals surface area contributed by atoms with Crippen LogP contribution in [-0.4, -0.2) is 35.2 Å². The number of benzene rings is 2. The van der Waals surface area contributed by atoms with E-state index < -0.39 is 28.6 Å². The van der Waals surface area contributed by atoms with E-state index in [2.05, 4.69) is 5.32 Å². The SMILES string of the molecule is CCOC(=O)C(Cc1cc([N+](=O)[O-])ccc1OCc1ccccc1)NC(=O)OC(C)(C)C. The van der Waals surface area contributed by atoms with Gasteiger partial charge in [0.25, 0.3) is 5.69 Å². The van der Waals surface area contributed by atoms with Crippen molar-refractivity contribution in [2.24, 2.45) is 0 Å². The van der Waals surface area contributed by atoms with Crippen molar-refractivity contribution in [3.8, 4) is 5.75 Å². The van der Waals surface area contributed by atoms with Crippen molar-refractivity contribution in [1.82, 2.24) is 5.32 Å². The summed E-state index contributed by atoms with van der Waals surface area (Å²) < 4.78 is 16.2. The first-order valence-corrected chi connectivity index (χ1v) is 10.2. The number of carbonyl (C=O) groups is 2. The maximum absolute atomic E-state index is 12.5. The topological polar surface area (TPSA) is 117 Å². The molecular formula is C23H28N2O7. The fourth-order valence-corrected chi connectivity index (χ4v) is 2.82. The van der Waals surface area contributed by atoms with Crippen molar-refractivity contribution in [2.75, 3.05) is 6.61 Å². The van der Waals surface area contributed by atoms with Gasteiger partial charge in [0.15, 0.2) is 0 Å². The minimum atomic E-state index is -1.12. The molecule has 2 rings (SSSR count). The van der Waals surface area contributed by atoms with Gasteiger partial charge < -0.3 is 19.5 Å². The fraction of sp³-hybridized carbons (Fsp3) is 0.391. The Labute approximate surface area is 186 Å². The second-order valence-corrected chi connectivity index (χ2v) is 7.98. The molecule has 0 aliphatic carbocycles. The molecule has 0 aromatic heterocycles. The van der Waals surface area contributed by atoms with Crippen molar-refractivity contribution in [2.45, 2.75) is 52.4 Å². The van der Waals surface area contributed by atoms with Gasteiger partial charge >= 0.3 is 12.1 Å². The summed E-state index contributed by atoms with van der Waals surface area (Å²) in [7, 11) is 0. The number of nitro groups is 1. The first kappa shape index (κ1) is 24.6. The summed E-state index contributed by atoms with van der Waals surface area (Å²) in [6, 6.07) is 12.4. The first-order valence-electron chi connectivity index (χ1n) is 10.2. The highest BCUT2D eigenvalue weighted by atomic mass is 16.6. The molecule has 0 spiro atoms. The Kier molecular flexibility index (Phi) is 8.57. The van der Waals surface area contributed by atoms with E-state index in [9.17, 15) is 19.7 Å². The lowest BCUT2D eigenvalue weighted by atomic mass is 10.0. The van der Waals surface area contributed by atoms with Crippen LogP contribution in [0.15, 0.2) is 48.5 Å². The van der Waals surface area contributed by atoms with E-state index in [0.29, 0.717) is 11.3 Å². The smallest absolute Gasteiger partial charge is 0.408 e. The van der Waals surface area contributed by atoms with Gasteiger partial charge in [0, 0.05) is 24.1 Å². The monoisotopic (exact) mass is 444 g/mol. The van der Waals surface area contributed by atoms with Gasteiger partial charge in [-0.3, -0.25) is 10.1 Å². The Balaban J connectivity index is 2.29. The Morgan fingerprint density at radius 3 is 2.41 bits per heavy atom. The molecule has 0 aliphatic rings. The number of nitrogens with zero attached hydrogens (tertiary/aromatic N) is 1. The summed E-state index contributed by atoms with van der Waals surface area (Å²) in [6.07, 6.45) is -0.878. The van der Waals surface area contributed by atoms with E-state index in [1.165, 1.54) is 18.2 Å². The largest absolute Gasteiger partial charge is 0.489 e. The third-order valence-corrected chi connectivity index (χ3v) is 4.18. The summed E-state index contributed by atoms with van der Waals surface area (Å²) in [5.74, 6) is -0.321. The minimum absolute atomic E-state index is 0.0795. The van der Waals surface area contributed by atoms with Crippen LogP contribution >= 0.6 is 0 Å². The van der Waals surface area contributed by atoms with Gasteiger partial charge in [-0.1, -0.05) is 30.3 Å². The fourth-order valence-electron chi connectivity index (χ4n) is 2.82. The number of rotatable bonds is 9. The van der Waals surface area contributed by atoms with Crippen LogP contribution in [0, 0.1) is 10.1 Å². The number of nitro benzene ring substituents is 1. The quantitative estimate of drug-likeness (QED) is 0.350. The molecule has 1 unspecified atom stereocenters. The summed E-state index contributed by atoms with van der Waals surface area (Å²) in [6.45, 7) is 7.07. The maximum atomic E-state index is 12.5. The summed E-state index contributed by atoms with van der Waals surface area (Å²) in [4.78, 5) is 35.5. The van der Waals surface area contributed by atoms with E-state index in [4.69, 9.17) is 14.2 Å². The Morgan fingerprint density at radius 1 is 1.12 bits per heavy atom. The normalized spacial score (nSPS) is 11.9. The standard InChI is InChI=1S/C23H28N2O7/c1-5-30-21(26)19(24-22(27)32-23(2,3)4)14-17-13-18(25(28)29)11-12-20(17)31-15-16-9-7-6-8-10-16/h6-13,19H,5,14-15H2,1-4H3,(H,24,27). The second-order valence-electron chi connectivity index (χ2n) is 7.98. The zero-order valence-corrected chi connectivity index (χ0v) is 18.6. The van der Waals surface area contributed by atoms with E-state index >= 15 is 0 Å². The van der Waals surface area contributed by atoms with Crippen LogP contribution in [0.4, 0.5) is 10.5 Å². The van der Waals surface area contributed by atoms with Crippen LogP contribution in [0.3, 0.4) is 0 Å². The lowest BCUT2D eigenvalue weighted by Crippen LogP contribution is -2.45. The Morgan fingerprint density at radius 2 is 1.81 bits per heavy atom. The van der Waals surface area contributed by atoms with Gasteiger partial charge in [-0.25, -0.2) is 9.59 Å². The van der Waals surface area contributed by atoms with Crippen molar-refractivity contribution < 1.29 is 28.7 Å². The number of ether oxygens (including phenoxy) is 3. The zero-order valence-electron chi connectivity index (χ0n) is 18.6. The molecule has 9 heteroatoms. The van der Waals surface area contributed by atoms with Crippen molar-refractivity contribution in [1.29, 1.82) is 0 Å². The molecule has 1 N–H and O–H groups in total. The Bertz CT molecular complexity index is 939. The number of carbonyl (C=O) groups excluding carboxylic acids is 2. The molecule has 2 aromatic rings. The molecule has 9 nitrogen and oxygen atoms in total. The molecule has 172 valence electrons. The van der Waals surface area contributed by atoms with E-state index in [1.807, 2.05) is 30.3 Å². The van der Waals surface area contributed by atoms with Crippen molar-refractivity contribution in [3.05, 3.63) is 69.8 Å². The summed E-state index contributed by atoms with van der Waals surface area (Å²) in [5, 5.41) is 13.8. The van der Waals surface area contributed by atoms with Crippen LogP contribution < -0.4 is 10.1 Å². The molecule has 0 aliphatic heterocycles. The lowest BCUT2D eigenvalue weighted by molar-refractivity contribution is -0.384. The lowest BCUT2D eigenvalue weighted by Gasteiger charge is -2.23. The molecule has 0 saturated carbocycles. The number of hydrogen-bond acceptors (Lipinski definition) is 7. The van der Waals surface area contributed by atoms with Gasteiger partial charge in [-0.15, -0.1) is 0 Å². The van der Waals surface area contributed by atoms with Gasteiger partial charge in [0.1, 0.15) is 24.0 Å². The van der Waals surface area contributed by atoms with Gasteiger partial charge in [-0.2, -0.15) is 0 Å². The average molecular weight is 444 g/mol. The Hall–Kier alpha value is -3.62. The number of non-ortho nitro benzene ring substituents is 1. The third kappa shape index (κ3) is 7.90. The highest BCUT2D eigenvalue weighted by Crippen LogP contribution is 2.27. The minimum Gasteiger partial charge on any atom is -0.489 e. The molecule has 1 atom stereocenters. The zero-order chi connectivity index (χ0) is 23.7. The van der Waals surface area contributed by atoms with Gasteiger partial charge in [0.2, 0.25) is 0 Å². The van der Waals surface area contributed by atoms with Gasteiger partial charge in [-0.05, 0) is 39.3 Å². The van der Waals surface area contributed by atoms with Crippen LogP contribution in [0.2, 0.25) is 0 Å². The number of hydrogen-bond donors (Lipinski definition) is 1. The predicted octanol–water partition coefficient (Wildman–Crippen LogP) is 4.17. The first-order chi connectivity index (χ1) is 15.1. The van der Waals surface area contributed by atoms with E-state index in [1.54, 1.807) is 27.7 Å². The molecule has 0 bridgehead atoms. The van der Waals surface area contributed by atoms with Crippen LogP contribution in [0.1, 0.15) is 38.8 Å². The average Bonchev–Trinajstić information content (AvgIpc) is 2.71. The van der Waals surface area contributed by atoms with Crippen LogP contribution in [-0.2, 0) is 27.3 Å². The molecule has 1 amide bonds. The number of alkyl carbamates (subject to hydrolysis) is 1. The van der Waals surface area contributed by atoms with E-state index in [0.717, 1.165) is 5.56 Å². The predicted molar refractivity (Wildman–Crippen MR) is 117 cm³/mol. The molecular weight excluding hydrogens is 416 g/mol. The molecule has 32 heavy (non-hydrogen) atoms. The molecule has 0 heterocycles. The highest BCUT2D eigenvalue weighted by molar-refractivity contribution is 5.82. The second kappa shape index (κ2) is 11.1. The van der Waals surface area contributed by atoms with Crippen LogP contribution in [0.5, 0.6) is 5.75 Å². The molecule has 2 aromatic carbocycles. The van der Waals surface area contributed by atoms with Crippen molar-refractivity contribution in [3.63, 3.8) is 0 Å². The molecule has 0 saturated heterocycles. The van der Waals surface area contributed by atoms with Crippen molar-refractivity contribution >= 4 is 17.7 Å². The van der Waals surface area contributed by atoms with Crippen LogP contribution in [0.25, 0.3) is 0 Å². The van der Waals surface area contributed by atoms with E-state index in [-0.39, 0.29) is 25.3 Å². The number of amides is 1. The highest BCUT2D eigenvalue weighted by Gasteiger charge is 2.27. The molecule has 0 radical (unpaired) electrons. The number of esters is 1. The maximum Gasteiger partial charge on any atom is 0.408 e.